The van der Waals surface area contributed by atoms with Crippen molar-refractivity contribution in [3.63, 3.8) is 0 Å². The number of Topliss-reactive ketones (excluding diaryl/α,β-unsaturated/α-hetero) is 1. The van der Waals surface area contributed by atoms with Crippen LogP contribution in [0.5, 0.6) is 0 Å². The van der Waals surface area contributed by atoms with E-state index in [4.69, 9.17) is 11.6 Å². The first-order valence-corrected chi connectivity index (χ1v) is 5.72. The summed E-state index contributed by atoms with van der Waals surface area (Å²) in [5, 5.41) is 0.651. The summed E-state index contributed by atoms with van der Waals surface area (Å²) >= 11 is 6.15. The van der Waals surface area contributed by atoms with Crippen LogP contribution in [0, 0.1) is 0 Å². The molecule has 1 unspecified atom stereocenters. The summed E-state index contributed by atoms with van der Waals surface area (Å²) in [5.74, 6) is -0.0409. The van der Waals surface area contributed by atoms with Crippen molar-refractivity contribution >= 4 is 29.8 Å². The van der Waals surface area contributed by atoms with Crippen LogP contribution in [0.25, 0.3) is 0 Å². The maximum atomic E-state index is 11.6. The summed E-state index contributed by atoms with van der Waals surface area (Å²) in [6.45, 7) is 0. The Labute approximate surface area is 104 Å². The predicted octanol–water partition coefficient (Wildman–Crippen LogP) is 2.76. The topological polar surface area (TPSA) is 41.8 Å². The Kier molecular flexibility index (Phi) is 2.41. The van der Waals surface area contributed by atoms with Gasteiger partial charge in [-0.1, -0.05) is 29.8 Å². The van der Waals surface area contributed by atoms with Gasteiger partial charge in [0.1, 0.15) is 6.04 Å². The van der Waals surface area contributed by atoms with E-state index in [-0.39, 0.29) is 11.8 Å². The lowest BCUT2D eigenvalue weighted by Crippen LogP contribution is -2.14. The van der Waals surface area contributed by atoms with E-state index >= 15 is 0 Å². The standard InChI is InChI=1S/C13H9ClN2O/c14-10-4-2-1-3-8(10)12-13-9(5-6-15-13)11(17)7-16-12/h1-4,6-7,12H,5H2. The number of halogens is 1. The number of nitrogens with zero attached hydrogens (tertiary/aromatic N) is 2. The van der Waals surface area contributed by atoms with E-state index in [9.17, 15) is 4.79 Å². The van der Waals surface area contributed by atoms with Crippen molar-refractivity contribution in [3.8, 4) is 0 Å². The second-order valence-electron chi connectivity index (χ2n) is 3.95. The number of hydrogen-bond donors (Lipinski definition) is 0. The average Bonchev–Trinajstić information content (AvgIpc) is 2.81. The lowest BCUT2D eigenvalue weighted by atomic mass is 9.96. The van der Waals surface area contributed by atoms with Crippen LogP contribution in [0.15, 0.2) is 45.5 Å². The molecule has 0 N–H and O–H groups in total. The zero-order valence-electron chi connectivity index (χ0n) is 8.93. The van der Waals surface area contributed by atoms with Crippen LogP contribution in [0.2, 0.25) is 5.02 Å². The van der Waals surface area contributed by atoms with E-state index in [1.165, 1.54) is 6.21 Å². The molecular weight excluding hydrogens is 236 g/mol. The highest BCUT2D eigenvalue weighted by atomic mass is 35.5. The van der Waals surface area contributed by atoms with Gasteiger partial charge in [-0.15, -0.1) is 0 Å². The first-order chi connectivity index (χ1) is 8.27. The molecule has 0 amide bonds. The summed E-state index contributed by atoms with van der Waals surface area (Å²) in [6, 6.07) is 7.28. The largest absolute Gasteiger partial charge is 0.288 e. The number of benzene rings is 1. The van der Waals surface area contributed by atoms with Crippen LogP contribution < -0.4 is 0 Å². The van der Waals surface area contributed by atoms with Gasteiger partial charge in [-0.05, 0) is 6.07 Å². The quantitative estimate of drug-likeness (QED) is 0.749. The summed E-state index contributed by atoms with van der Waals surface area (Å²) in [5.41, 5.74) is 2.37. The van der Waals surface area contributed by atoms with Crippen molar-refractivity contribution in [1.29, 1.82) is 0 Å². The van der Waals surface area contributed by atoms with Crippen molar-refractivity contribution in [2.45, 2.75) is 12.5 Å². The Morgan fingerprint density at radius 2 is 2.12 bits per heavy atom. The van der Waals surface area contributed by atoms with Crippen molar-refractivity contribution in [2.24, 2.45) is 9.98 Å². The highest BCUT2D eigenvalue weighted by molar-refractivity contribution is 6.37. The lowest BCUT2D eigenvalue weighted by Gasteiger charge is -2.18. The molecule has 84 valence electrons. The second-order valence-corrected chi connectivity index (χ2v) is 4.35. The summed E-state index contributed by atoms with van der Waals surface area (Å²) in [7, 11) is 0. The zero-order valence-corrected chi connectivity index (χ0v) is 9.69. The molecule has 2 aliphatic rings. The number of carbonyl (C=O) groups excluding carboxylic acids is 1. The summed E-state index contributed by atoms with van der Waals surface area (Å²) in [6.07, 6.45) is 3.73. The number of allylic oxidation sites excluding steroid dienone is 1. The molecule has 0 radical (unpaired) electrons. The maximum absolute atomic E-state index is 11.6. The molecule has 2 aliphatic heterocycles. The number of carbonyl (C=O) groups is 1. The molecule has 0 spiro atoms. The maximum Gasteiger partial charge on any atom is 0.201 e. The molecule has 2 heterocycles. The molecule has 0 fully saturated rings. The minimum Gasteiger partial charge on any atom is -0.288 e. The van der Waals surface area contributed by atoms with Crippen LogP contribution in [-0.4, -0.2) is 18.2 Å². The monoisotopic (exact) mass is 244 g/mol. The fourth-order valence-corrected chi connectivity index (χ4v) is 2.33. The third-order valence-electron chi connectivity index (χ3n) is 2.93. The van der Waals surface area contributed by atoms with Gasteiger partial charge in [0.2, 0.25) is 5.78 Å². The first-order valence-electron chi connectivity index (χ1n) is 5.35. The van der Waals surface area contributed by atoms with Gasteiger partial charge in [-0.3, -0.25) is 14.8 Å². The van der Waals surface area contributed by atoms with Crippen LogP contribution >= 0.6 is 11.6 Å². The van der Waals surface area contributed by atoms with Crippen LogP contribution in [0.4, 0.5) is 0 Å². The van der Waals surface area contributed by atoms with Gasteiger partial charge < -0.3 is 0 Å². The fourth-order valence-electron chi connectivity index (χ4n) is 2.10. The van der Waals surface area contributed by atoms with Gasteiger partial charge in [-0.2, -0.15) is 0 Å². The van der Waals surface area contributed by atoms with Crippen LogP contribution in [0.1, 0.15) is 18.0 Å². The Morgan fingerprint density at radius 3 is 2.94 bits per heavy atom. The third kappa shape index (κ3) is 1.63. The fraction of sp³-hybridized carbons (Fsp3) is 0.154. The molecular formula is C13H9ClN2O. The minimum atomic E-state index is -0.241. The minimum absolute atomic E-state index is 0.0409. The molecule has 0 bridgehead atoms. The van der Waals surface area contributed by atoms with E-state index in [0.717, 1.165) is 16.8 Å². The highest BCUT2D eigenvalue weighted by Gasteiger charge is 2.29. The van der Waals surface area contributed by atoms with Gasteiger partial charge in [0, 0.05) is 28.8 Å². The first kappa shape index (κ1) is 10.4. The molecule has 0 aromatic heterocycles. The Bertz CT molecular complexity index is 587. The van der Waals surface area contributed by atoms with Gasteiger partial charge in [-0.25, -0.2) is 0 Å². The molecule has 0 saturated heterocycles. The average molecular weight is 245 g/mol. The number of dihydropyridines is 1. The summed E-state index contributed by atoms with van der Waals surface area (Å²) in [4.78, 5) is 20.1. The molecule has 17 heavy (non-hydrogen) atoms. The van der Waals surface area contributed by atoms with Crippen molar-refractivity contribution < 1.29 is 4.79 Å². The van der Waals surface area contributed by atoms with Crippen LogP contribution in [-0.2, 0) is 4.79 Å². The molecule has 4 heteroatoms. The van der Waals surface area contributed by atoms with Gasteiger partial charge in [0.25, 0.3) is 0 Å². The predicted molar refractivity (Wildman–Crippen MR) is 67.8 cm³/mol. The van der Waals surface area contributed by atoms with Crippen molar-refractivity contribution in [3.05, 3.63) is 46.1 Å². The van der Waals surface area contributed by atoms with Gasteiger partial charge >= 0.3 is 0 Å². The highest BCUT2D eigenvalue weighted by Crippen LogP contribution is 2.37. The Balaban J connectivity index is 2.11. The number of aliphatic imine (C=N–C) groups is 2. The number of ketones is 1. The number of hydrogen-bond acceptors (Lipinski definition) is 3. The van der Waals surface area contributed by atoms with E-state index in [1.807, 2.05) is 24.3 Å². The van der Waals surface area contributed by atoms with Crippen molar-refractivity contribution in [1.82, 2.24) is 0 Å². The van der Waals surface area contributed by atoms with Crippen molar-refractivity contribution in [2.75, 3.05) is 0 Å². The third-order valence-corrected chi connectivity index (χ3v) is 3.28. The van der Waals surface area contributed by atoms with Gasteiger partial charge in [0.15, 0.2) is 0 Å². The van der Waals surface area contributed by atoms with E-state index in [0.29, 0.717) is 11.4 Å². The van der Waals surface area contributed by atoms with Gasteiger partial charge in [0.05, 0.1) is 11.9 Å². The smallest absolute Gasteiger partial charge is 0.201 e. The molecule has 1 aromatic rings. The van der Waals surface area contributed by atoms with E-state index in [2.05, 4.69) is 9.98 Å². The molecule has 0 saturated carbocycles. The molecule has 1 aromatic carbocycles. The lowest BCUT2D eigenvalue weighted by molar-refractivity contribution is -0.109. The Morgan fingerprint density at radius 1 is 1.29 bits per heavy atom. The molecule has 0 aliphatic carbocycles. The molecule has 1 atom stereocenters. The molecule has 3 nitrogen and oxygen atoms in total. The normalized spacial score (nSPS) is 22.2. The van der Waals surface area contributed by atoms with Crippen LogP contribution in [0.3, 0.4) is 0 Å². The second kappa shape index (κ2) is 3.93. The van der Waals surface area contributed by atoms with E-state index in [1.54, 1.807) is 6.21 Å². The summed E-state index contributed by atoms with van der Waals surface area (Å²) < 4.78 is 0. The number of rotatable bonds is 1. The SMILES string of the molecule is O=C1C=NC(c2ccccc2Cl)C2=C1CC=N2. The van der Waals surface area contributed by atoms with E-state index < -0.39 is 0 Å². The molecule has 3 rings (SSSR count). The Hall–Kier alpha value is -1.74. The zero-order chi connectivity index (χ0) is 11.8.